The molecule has 7 nitrogen and oxygen atoms in total. The van der Waals surface area contributed by atoms with Crippen LogP contribution in [0.15, 0.2) is 6.07 Å². The van der Waals surface area contributed by atoms with Crippen LogP contribution in [-0.2, 0) is 6.54 Å². The van der Waals surface area contributed by atoms with E-state index in [1.165, 1.54) is 0 Å². The highest BCUT2D eigenvalue weighted by atomic mass is 19.4. The van der Waals surface area contributed by atoms with Gasteiger partial charge in [0, 0.05) is 0 Å². The van der Waals surface area contributed by atoms with Gasteiger partial charge in [-0.2, -0.15) is 17.9 Å². The zero-order valence-electron chi connectivity index (χ0n) is 7.43. The zero-order chi connectivity index (χ0) is 12.5. The van der Waals surface area contributed by atoms with Gasteiger partial charge in [-0.1, -0.05) is 0 Å². The summed E-state index contributed by atoms with van der Waals surface area (Å²) >= 11 is 0. The van der Waals surface area contributed by atoms with Crippen LogP contribution in [0.5, 0.6) is 0 Å². The van der Waals surface area contributed by atoms with Crippen LogP contribution in [0.1, 0.15) is 10.5 Å². The molecule has 0 spiro atoms. The van der Waals surface area contributed by atoms with Gasteiger partial charge in [-0.15, -0.1) is 0 Å². The Morgan fingerprint density at radius 1 is 1.62 bits per heavy atom. The van der Waals surface area contributed by atoms with Gasteiger partial charge >= 0.3 is 18.0 Å². The number of alkyl halides is 3. The molecular formula is C6H4F3N3O4. The third-order valence-corrected chi connectivity index (χ3v) is 1.50. The van der Waals surface area contributed by atoms with E-state index in [-0.39, 0.29) is 4.68 Å². The molecule has 1 N–H and O–H groups in total. The molecule has 16 heavy (non-hydrogen) atoms. The molecule has 1 heterocycles. The van der Waals surface area contributed by atoms with E-state index in [0.717, 1.165) is 0 Å². The van der Waals surface area contributed by atoms with Crippen LogP contribution in [0, 0.1) is 10.1 Å². The minimum Gasteiger partial charge on any atom is -0.476 e. The van der Waals surface area contributed by atoms with Crippen LogP contribution >= 0.6 is 0 Å². The molecule has 0 saturated carbocycles. The Labute approximate surface area is 85.2 Å². The lowest BCUT2D eigenvalue weighted by molar-refractivity contribution is -0.389. The Hall–Kier alpha value is -2.13. The number of halogens is 3. The summed E-state index contributed by atoms with van der Waals surface area (Å²) in [4.78, 5) is 19.6. The standard InChI is InChI=1S/C6H4F3N3O4/c7-6(8,9)2-11-3(5(13)14)1-4(10-11)12(15)16/h1H,2H2,(H,13,14). The first-order chi connectivity index (χ1) is 7.20. The van der Waals surface area contributed by atoms with Crippen LogP contribution in [0.2, 0.25) is 0 Å². The second-order valence-electron chi connectivity index (χ2n) is 2.72. The molecule has 1 aromatic rings. The van der Waals surface area contributed by atoms with E-state index in [0.29, 0.717) is 6.07 Å². The summed E-state index contributed by atoms with van der Waals surface area (Å²) in [6, 6.07) is 0.466. The van der Waals surface area contributed by atoms with Gasteiger partial charge < -0.3 is 15.2 Å². The van der Waals surface area contributed by atoms with E-state index in [9.17, 15) is 28.1 Å². The number of rotatable bonds is 3. The van der Waals surface area contributed by atoms with Gasteiger partial charge in [0.1, 0.15) is 0 Å². The number of carboxylic acids is 1. The number of hydrogen-bond acceptors (Lipinski definition) is 4. The highest BCUT2D eigenvalue weighted by Gasteiger charge is 2.34. The number of carboxylic acid groups (broad SMARTS) is 1. The molecule has 10 heteroatoms. The number of carbonyl (C=O) groups is 1. The lowest BCUT2D eigenvalue weighted by Crippen LogP contribution is -2.22. The summed E-state index contributed by atoms with van der Waals surface area (Å²) in [6.07, 6.45) is -4.70. The monoisotopic (exact) mass is 239 g/mol. The Balaban J connectivity index is 3.15. The van der Waals surface area contributed by atoms with E-state index in [2.05, 4.69) is 5.10 Å². The van der Waals surface area contributed by atoms with Crippen molar-refractivity contribution >= 4 is 11.8 Å². The van der Waals surface area contributed by atoms with E-state index in [1.54, 1.807) is 0 Å². The lowest BCUT2D eigenvalue weighted by atomic mass is 10.4. The average molecular weight is 239 g/mol. The highest BCUT2D eigenvalue weighted by molar-refractivity contribution is 5.86. The SMILES string of the molecule is O=C(O)c1cc([N+](=O)[O-])nn1CC(F)(F)F. The fourth-order valence-corrected chi connectivity index (χ4v) is 0.955. The molecule has 0 aliphatic rings. The van der Waals surface area contributed by atoms with Gasteiger partial charge in [-0.05, 0) is 4.92 Å². The van der Waals surface area contributed by atoms with Crippen molar-refractivity contribution in [2.75, 3.05) is 0 Å². The summed E-state index contributed by atoms with van der Waals surface area (Å²) in [5.41, 5.74) is -0.885. The van der Waals surface area contributed by atoms with Gasteiger partial charge in [0.15, 0.2) is 12.2 Å². The largest absolute Gasteiger partial charge is 0.476 e. The molecule has 0 amide bonds. The number of aromatic carboxylic acids is 1. The molecular weight excluding hydrogens is 235 g/mol. The number of nitrogens with zero attached hydrogens (tertiary/aromatic N) is 3. The molecule has 0 fully saturated rings. The van der Waals surface area contributed by atoms with Crippen molar-refractivity contribution in [1.29, 1.82) is 0 Å². The molecule has 0 aliphatic heterocycles. The zero-order valence-corrected chi connectivity index (χ0v) is 7.43. The quantitative estimate of drug-likeness (QED) is 0.627. The van der Waals surface area contributed by atoms with Gasteiger partial charge in [0.2, 0.25) is 0 Å². The minimum absolute atomic E-state index is 0.0282. The third kappa shape index (κ3) is 2.68. The van der Waals surface area contributed by atoms with Crippen molar-refractivity contribution < 1.29 is 28.0 Å². The second-order valence-corrected chi connectivity index (χ2v) is 2.72. The van der Waals surface area contributed by atoms with Crippen LogP contribution in [-0.4, -0.2) is 32.0 Å². The fourth-order valence-electron chi connectivity index (χ4n) is 0.955. The maximum atomic E-state index is 12.0. The smallest absolute Gasteiger partial charge is 0.410 e. The first-order valence-electron chi connectivity index (χ1n) is 3.73. The van der Waals surface area contributed by atoms with Gasteiger partial charge in [0.05, 0.1) is 11.2 Å². The lowest BCUT2D eigenvalue weighted by Gasteiger charge is -2.03. The predicted molar refractivity (Wildman–Crippen MR) is 41.9 cm³/mol. The maximum Gasteiger partial charge on any atom is 0.410 e. The van der Waals surface area contributed by atoms with Crippen molar-refractivity contribution in [3.8, 4) is 0 Å². The average Bonchev–Trinajstić information content (AvgIpc) is 2.44. The van der Waals surface area contributed by atoms with Crippen molar-refractivity contribution in [3.05, 3.63) is 21.9 Å². The normalized spacial score (nSPS) is 11.4. The van der Waals surface area contributed by atoms with E-state index in [1.807, 2.05) is 0 Å². The molecule has 88 valence electrons. The summed E-state index contributed by atoms with van der Waals surface area (Å²) < 4.78 is 35.9. The molecule has 0 bridgehead atoms. The van der Waals surface area contributed by atoms with Crippen molar-refractivity contribution in [1.82, 2.24) is 9.78 Å². The van der Waals surface area contributed by atoms with Crippen LogP contribution in [0.3, 0.4) is 0 Å². The maximum absolute atomic E-state index is 12.0. The van der Waals surface area contributed by atoms with Gasteiger partial charge in [0.25, 0.3) is 0 Å². The number of nitro groups is 1. The third-order valence-electron chi connectivity index (χ3n) is 1.50. The van der Waals surface area contributed by atoms with Crippen LogP contribution < -0.4 is 0 Å². The van der Waals surface area contributed by atoms with Gasteiger partial charge in [-0.3, -0.25) is 0 Å². The van der Waals surface area contributed by atoms with Gasteiger partial charge in [-0.25, -0.2) is 4.79 Å². The Kier molecular flexibility index (Phi) is 2.83. The number of hydrogen-bond donors (Lipinski definition) is 1. The molecule has 0 aromatic carbocycles. The summed E-state index contributed by atoms with van der Waals surface area (Å²) in [5, 5.41) is 21.7. The first kappa shape index (κ1) is 11.9. The van der Waals surface area contributed by atoms with Crippen molar-refractivity contribution in [2.24, 2.45) is 0 Å². The Morgan fingerprint density at radius 2 is 2.19 bits per heavy atom. The molecule has 1 aromatic heterocycles. The predicted octanol–water partition coefficient (Wildman–Crippen LogP) is 1.05. The highest BCUT2D eigenvalue weighted by Crippen LogP contribution is 2.20. The minimum atomic E-state index is -4.70. The Morgan fingerprint density at radius 3 is 2.56 bits per heavy atom. The fraction of sp³-hybridized carbons (Fsp3) is 0.333. The van der Waals surface area contributed by atoms with Crippen LogP contribution in [0.25, 0.3) is 0 Å². The molecule has 1 rings (SSSR count). The summed E-state index contributed by atoms with van der Waals surface area (Å²) in [6.45, 7) is -1.69. The molecule has 0 unspecified atom stereocenters. The second kappa shape index (κ2) is 3.79. The topological polar surface area (TPSA) is 98.3 Å². The van der Waals surface area contributed by atoms with E-state index < -0.39 is 35.1 Å². The molecule has 0 radical (unpaired) electrons. The first-order valence-corrected chi connectivity index (χ1v) is 3.73. The Bertz CT molecular complexity index is 439. The van der Waals surface area contributed by atoms with Crippen molar-refractivity contribution in [3.63, 3.8) is 0 Å². The van der Waals surface area contributed by atoms with Crippen molar-refractivity contribution in [2.45, 2.75) is 12.7 Å². The summed E-state index contributed by atoms with van der Waals surface area (Å²) in [5.74, 6) is -2.66. The summed E-state index contributed by atoms with van der Waals surface area (Å²) in [7, 11) is 0. The van der Waals surface area contributed by atoms with E-state index in [4.69, 9.17) is 5.11 Å². The number of aromatic nitrogens is 2. The van der Waals surface area contributed by atoms with Crippen LogP contribution in [0.4, 0.5) is 19.0 Å². The molecule has 0 atom stereocenters. The molecule has 0 aliphatic carbocycles. The van der Waals surface area contributed by atoms with E-state index >= 15 is 0 Å². The molecule has 0 saturated heterocycles.